The first-order valence-electron chi connectivity index (χ1n) is 5.89. The van der Waals surface area contributed by atoms with Crippen LogP contribution in [0.4, 0.5) is 5.69 Å². The number of nitrogens with two attached hydrogens (primary N) is 1. The Kier molecular flexibility index (Phi) is 3.71. The molecule has 1 atom stereocenters. The Morgan fingerprint density at radius 3 is 2.68 bits per heavy atom. The summed E-state index contributed by atoms with van der Waals surface area (Å²) < 4.78 is 9.89. The van der Waals surface area contributed by atoms with E-state index in [2.05, 4.69) is 4.74 Å². The number of methoxy groups -OCH3 is 2. The predicted molar refractivity (Wildman–Crippen MR) is 69.3 cm³/mol. The van der Waals surface area contributed by atoms with Crippen molar-refractivity contribution < 1.29 is 19.1 Å². The van der Waals surface area contributed by atoms with Crippen LogP contribution in [0.15, 0.2) is 18.2 Å². The Balaban J connectivity index is 2.42. The van der Waals surface area contributed by atoms with Gasteiger partial charge in [0.1, 0.15) is 5.75 Å². The second-order valence-electron chi connectivity index (χ2n) is 4.35. The fraction of sp³-hybridized carbons (Fsp3) is 0.385. The fourth-order valence-electron chi connectivity index (χ4n) is 2.11. The number of carbonyl (C=O) groups is 2. The van der Waals surface area contributed by atoms with E-state index < -0.39 is 5.97 Å². The number of anilines is 1. The Labute approximate surface area is 111 Å². The van der Waals surface area contributed by atoms with Gasteiger partial charge in [-0.05, 0) is 18.2 Å². The summed E-state index contributed by atoms with van der Waals surface area (Å²) in [6.45, 7) is 0.416. The molecule has 0 bridgehead atoms. The maximum Gasteiger partial charge on any atom is 0.337 e. The summed E-state index contributed by atoms with van der Waals surface area (Å²) >= 11 is 0. The normalized spacial score (nSPS) is 18.6. The number of benzene rings is 1. The quantitative estimate of drug-likeness (QED) is 0.806. The average molecular weight is 264 g/mol. The Morgan fingerprint density at radius 2 is 2.16 bits per heavy atom. The lowest BCUT2D eigenvalue weighted by molar-refractivity contribution is -0.117. The van der Waals surface area contributed by atoms with Crippen LogP contribution in [0.25, 0.3) is 0 Å². The van der Waals surface area contributed by atoms with E-state index in [-0.39, 0.29) is 11.9 Å². The van der Waals surface area contributed by atoms with Gasteiger partial charge in [-0.2, -0.15) is 0 Å². The fourth-order valence-corrected chi connectivity index (χ4v) is 2.11. The third kappa shape index (κ3) is 2.53. The number of hydrogen-bond donors (Lipinski definition) is 1. The van der Waals surface area contributed by atoms with Gasteiger partial charge in [0.2, 0.25) is 5.91 Å². The van der Waals surface area contributed by atoms with Crippen LogP contribution < -0.4 is 15.4 Å². The molecule has 102 valence electrons. The van der Waals surface area contributed by atoms with Crippen LogP contribution in [-0.2, 0) is 9.53 Å². The van der Waals surface area contributed by atoms with Crippen molar-refractivity contribution in [2.45, 2.75) is 12.5 Å². The molecule has 6 nitrogen and oxygen atoms in total. The zero-order valence-corrected chi connectivity index (χ0v) is 10.9. The number of nitrogens with zero attached hydrogens (tertiary/aromatic N) is 1. The van der Waals surface area contributed by atoms with Gasteiger partial charge >= 0.3 is 5.97 Å². The molecule has 0 spiro atoms. The van der Waals surface area contributed by atoms with Gasteiger partial charge in [0.15, 0.2) is 0 Å². The number of hydrogen-bond acceptors (Lipinski definition) is 5. The molecule has 19 heavy (non-hydrogen) atoms. The Bertz CT molecular complexity index is 515. The topological polar surface area (TPSA) is 81.9 Å². The van der Waals surface area contributed by atoms with Crippen molar-refractivity contribution in [2.24, 2.45) is 5.73 Å². The molecular weight excluding hydrogens is 248 g/mol. The molecule has 1 unspecified atom stereocenters. The highest BCUT2D eigenvalue weighted by molar-refractivity contribution is 5.99. The molecule has 1 amide bonds. The van der Waals surface area contributed by atoms with Crippen LogP contribution in [0.2, 0.25) is 0 Å². The second kappa shape index (κ2) is 5.27. The van der Waals surface area contributed by atoms with E-state index in [0.29, 0.717) is 30.0 Å². The smallest absolute Gasteiger partial charge is 0.337 e. The number of carbonyl (C=O) groups excluding carboxylic acids is 2. The molecular formula is C13H16N2O4. The van der Waals surface area contributed by atoms with Crippen LogP contribution in [0.1, 0.15) is 16.8 Å². The van der Waals surface area contributed by atoms with E-state index in [1.54, 1.807) is 18.2 Å². The highest BCUT2D eigenvalue weighted by Gasteiger charge is 2.30. The van der Waals surface area contributed by atoms with E-state index in [4.69, 9.17) is 10.5 Å². The molecule has 6 heteroatoms. The third-order valence-corrected chi connectivity index (χ3v) is 3.05. The van der Waals surface area contributed by atoms with E-state index in [0.717, 1.165) is 0 Å². The zero-order chi connectivity index (χ0) is 14.0. The maximum atomic E-state index is 11.9. The molecule has 1 aromatic rings. The number of esters is 1. The van der Waals surface area contributed by atoms with Crippen molar-refractivity contribution in [3.8, 4) is 5.75 Å². The molecule has 2 rings (SSSR count). The van der Waals surface area contributed by atoms with E-state index >= 15 is 0 Å². The molecule has 1 aromatic carbocycles. The minimum absolute atomic E-state index is 0.0761. The minimum Gasteiger partial charge on any atom is -0.495 e. The van der Waals surface area contributed by atoms with Crippen molar-refractivity contribution in [3.05, 3.63) is 23.8 Å². The molecule has 2 N–H and O–H groups in total. The molecule has 0 radical (unpaired) electrons. The molecule has 1 fully saturated rings. The van der Waals surface area contributed by atoms with Gasteiger partial charge in [0.05, 0.1) is 25.5 Å². The van der Waals surface area contributed by atoms with Gasteiger partial charge in [0.25, 0.3) is 0 Å². The van der Waals surface area contributed by atoms with Crippen LogP contribution in [0.3, 0.4) is 0 Å². The standard InChI is InChI=1S/C13H16N2O4/c1-18-11-4-3-8(13(17)19-2)5-10(11)15-7-9(14)6-12(15)16/h3-5,9H,6-7,14H2,1-2H3. The molecule has 1 heterocycles. The summed E-state index contributed by atoms with van der Waals surface area (Å²) in [5, 5.41) is 0. The summed E-state index contributed by atoms with van der Waals surface area (Å²) in [5.74, 6) is -0.0113. The Hall–Kier alpha value is -2.08. The molecule has 1 aliphatic rings. The number of rotatable bonds is 3. The zero-order valence-electron chi connectivity index (χ0n) is 10.9. The Morgan fingerprint density at radius 1 is 1.42 bits per heavy atom. The largest absolute Gasteiger partial charge is 0.495 e. The summed E-state index contributed by atoms with van der Waals surface area (Å²) in [4.78, 5) is 25.0. The molecule has 0 aliphatic carbocycles. The maximum absolute atomic E-state index is 11.9. The summed E-state index contributed by atoms with van der Waals surface area (Å²) in [6, 6.07) is 4.62. The van der Waals surface area contributed by atoms with E-state index in [9.17, 15) is 9.59 Å². The van der Waals surface area contributed by atoms with Gasteiger partial charge in [-0.15, -0.1) is 0 Å². The monoisotopic (exact) mass is 264 g/mol. The number of ether oxygens (including phenoxy) is 2. The lowest BCUT2D eigenvalue weighted by atomic mass is 10.1. The minimum atomic E-state index is -0.458. The van der Waals surface area contributed by atoms with Gasteiger partial charge in [-0.1, -0.05) is 0 Å². The van der Waals surface area contributed by atoms with Crippen molar-refractivity contribution in [3.63, 3.8) is 0 Å². The lowest BCUT2D eigenvalue weighted by Gasteiger charge is -2.19. The van der Waals surface area contributed by atoms with Gasteiger partial charge in [-0.25, -0.2) is 4.79 Å². The molecule has 1 aliphatic heterocycles. The first kappa shape index (κ1) is 13.4. The molecule has 1 saturated heterocycles. The summed E-state index contributed by atoms with van der Waals surface area (Å²) in [5.41, 5.74) is 6.69. The summed E-state index contributed by atoms with van der Waals surface area (Å²) in [7, 11) is 2.82. The van der Waals surface area contributed by atoms with Crippen molar-refractivity contribution in [1.82, 2.24) is 0 Å². The van der Waals surface area contributed by atoms with Crippen LogP contribution in [0, 0.1) is 0 Å². The number of amides is 1. The highest BCUT2D eigenvalue weighted by Crippen LogP contribution is 2.32. The second-order valence-corrected chi connectivity index (χ2v) is 4.35. The van der Waals surface area contributed by atoms with Crippen LogP contribution in [-0.4, -0.2) is 38.7 Å². The summed E-state index contributed by atoms with van der Waals surface area (Å²) in [6.07, 6.45) is 0.297. The lowest BCUT2D eigenvalue weighted by Crippen LogP contribution is -2.28. The van der Waals surface area contributed by atoms with Gasteiger partial charge < -0.3 is 20.1 Å². The molecule has 0 saturated carbocycles. The SMILES string of the molecule is COC(=O)c1ccc(OC)c(N2CC(N)CC2=O)c1. The van der Waals surface area contributed by atoms with Crippen molar-refractivity contribution in [2.75, 3.05) is 25.7 Å². The predicted octanol–water partition coefficient (Wildman–Crippen LogP) is 0.546. The van der Waals surface area contributed by atoms with Crippen LogP contribution in [0.5, 0.6) is 5.75 Å². The first-order valence-corrected chi connectivity index (χ1v) is 5.89. The third-order valence-electron chi connectivity index (χ3n) is 3.05. The van der Waals surface area contributed by atoms with E-state index in [1.807, 2.05) is 0 Å². The van der Waals surface area contributed by atoms with Crippen LogP contribution >= 0.6 is 0 Å². The van der Waals surface area contributed by atoms with Crippen molar-refractivity contribution >= 4 is 17.6 Å². The molecule has 0 aromatic heterocycles. The van der Waals surface area contributed by atoms with Crippen molar-refractivity contribution in [1.29, 1.82) is 0 Å². The van der Waals surface area contributed by atoms with Gasteiger partial charge in [0, 0.05) is 19.0 Å². The average Bonchev–Trinajstić information content (AvgIpc) is 2.76. The van der Waals surface area contributed by atoms with Gasteiger partial charge in [-0.3, -0.25) is 4.79 Å². The highest BCUT2D eigenvalue weighted by atomic mass is 16.5. The van der Waals surface area contributed by atoms with E-state index in [1.165, 1.54) is 19.1 Å². The first-order chi connectivity index (χ1) is 9.06.